The van der Waals surface area contributed by atoms with Crippen molar-refractivity contribution in [2.45, 2.75) is 20.3 Å². The van der Waals surface area contributed by atoms with Gasteiger partial charge in [0.25, 0.3) is 0 Å². The minimum absolute atomic E-state index is 0.0849. The molecule has 0 spiro atoms. The number of rotatable bonds is 5. The van der Waals surface area contributed by atoms with Crippen LogP contribution in [-0.4, -0.2) is 30.7 Å². The predicted molar refractivity (Wildman–Crippen MR) is 112 cm³/mol. The normalized spacial score (nSPS) is 16.3. The first kappa shape index (κ1) is 21.0. The number of benzene rings is 2. The van der Waals surface area contributed by atoms with Gasteiger partial charge in [-0.3, -0.25) is 19.3 Å². The summed E-state index contributed by atoms with van der Waals surface area (Å²) in [7, 11) is 1.24. The van der Waals surface area contributed by atoms with Crippen LogP contribution in [0.15, 0.2) is 65.9 Å². The number of para-hydroxylation sites is 1. The molecule has 1 aliphatic heterocycles. The molecule has 7 heteroatoms. The minimum Gasteiger partial charge on any atom is -0.466 e. The smallest absolute Gasteiger partial charge is 0.336 e. The van der Waals surface area contributed by atoms with Crippen molar-refractivity contribution >= 4 is 34.9 Å². The Hall–Kier alpha value is -3.74. The summed E-state index contributed by atoms with van der Waals surface area (Å²) in [6.07, 6.45) is -0.173. The van der Waals surface area contributed by atoms with Crippen LogP contribution < -0.4 is 10.2 Å². The van der Waals surface area contributed by atoms with E-state index in [-0.39, 0.29) is 23.7 Å². The molecule has 0 aliphatic carbocycles. The number of nitrogens with one attached hydrogen (secondary N) is 1. The fourth-order valence-corrected chi connectivity index (χ4v) is 3.48. The third-order valence-corrected chi connectivity index (χ3v) is 5.00. The van der Waals surface area contributed by atoms with E-state index in [1.165, 1.54) is 18.9 Å². The molecule has 0 saturated carbocycles. The van der Waals surface area contributed by atoms with E-state index in [4.69, 9.17) is 4.74 Å². The van der Waals surface area contributed by atoms with Gasteiger partial charge in [0.2, 0.25) is 11.8 Å². The van der Waals surface area contributed by atoms with Crippen LogP contribution >= 0.6 is 0 Å². The van der Waals surface area contributed by atoms with Crippen LogP contribution in [0, 0.1) is 5.92 Å². The average Bonchev–Trinajstić information content (AvgIpc) is 2.74. The van der Waals surface area contributed by atoms with Crippen molar-refractivity contribution in [3.05, 3.63) is 71.4 Å². The minimum atomic E-state index is -0.989. The van der Waals surface area contributed by atoms with Crippen molar-refractivity contribution in [3.8, 4) is 0 Å². The van der Waals surface area contributed by atoms with Gasteiger partial charge in [-0.05, 0) is 50.2 Å². The largest absolute Gasteiger partial charge is 0.466 e. The Morgan fingerprint density at radius 2 is 1.67 bits per heavy atom. The lowest BCUT2D eigenvalue weighted by Crippen LogP contribution is -2.43. The summed E-state index contributed by atoms with van der Waals surface area (Å²) < 4.78 is 4.90. The van der Waals surface area contributed by atoms with E-state index in [1.807, 2.05) is 6.07 Å². The van der Waals surface area contributed by atoms with Crippen molar-refractivity contribution < 1.29 is 23.9 Å². The molecule has 1 N–H and O–H groups in total. The molecule has 2 aromatic rings. The third kappa shape index (κ3) is 4.15. The van der Waals surface area contributed by atoms with Gasteiger partial charge in [0, 0.05) is 29.1 Å². The number of carbonyl (C=O) groups is 4. The maximum atomic E-state index is 13.0. The first-order valence-electron chi connectivity index (χ1n) is 9.42. The van der Waals surface area contributed by atoms with E-state index in [1.54, 1.807) is 55.5 Å². The second-order valence-electron chi connectivity index (χ2n) is 6.93. The lowest BCUT2D eigenvalue weighted by Gasteiger charge is -2.33. The summed E-state index contributed by atoms with van der Waals surface area (Å²) in [6.45, 7) is 3.08. The lowest BCUT2D eigenvalue weighted by molar-refractivity contribution is -0.138. The van der Waals surface area contributed by atoms with Gasteiger partial charge < -0.3 is 10.1 Å². The van der Waals surface area contributed by atoms with Gasteiger partial charge in [-0.1, -0.05) is 18.2 Å². The van der Waals surface area contributed by atoms with Gasteiger partial charge >= 0.3 is 5.97 Å². The maximum absolute atomic E-state index is 13.0. The third-order valence-electron chi connectivity index (χ3n) is 5.00. The number of allylic oxidation sites excluding steroid dienone is 1. The summed E-state index contributed by atoms with van der Waals surface area (Å²) in [5, 5.41) is 2.72. The van der Waals surface area contributed by atoms with E-state index in [0.717, 1.165) is 0 Å². The number of Topliss-reactive ketones (excluding diaryl/α,β-unsaturated/α-hetero) is 1. The Kier molecular flexibility index (Phi) is 6.11. The molecule has 3 rings (SSSR count). The Bertz CT molecular complexity index is 1030. The number of hydrogen-bond acceptors (Lipinski definition) is 5. The number of methoxy groups -OCH3 is 1. The monoisotopic (exact) mass is 406 g/mol. The number of carbonyl (C=O) groups excluding carboxylic acids is 4. The van der Waals surface area contributed by atoms with Gasteiger partial charge in [-0.15, -0.1) is 0 Å². The number of esters is 1. The Morgan fingerprint density at radius 3 is 2.23 bits per heavy atom. The van der Waals surface area contributed by atoms with Crippen LogP contribution in [0.5, 0.6) is 0 Å². The quantitative estimate of drug-likeness (QED) is 0.607. The zero-order valence-electron chi connectivity index (χ0n) is 17.0. The number of anilines is 2. The van der Waals surface area contributed by atoms with Gasteiger partial charge in [0.15, 0.2) is 5.78 Å². The van der Waals surface area contributed by atoms with E-state index in [9.17, 15) is 19.2 Å². The highest BCUT2D eigenvalue weighted by atomic mass is 16.5. The van der Waals surface area contributed by atoms with Gasteiger partial charge in [0.05, 0.1) is 18.6 Å². The topological polar surface area (TPSA) is 92.8 Å². The summed E-state index contributed by atoms with van der Waals surface area (Å²) >= 11 is 0. The second kappa shape index (κ2) is 8.73. The molecule has 2 amide bonds. The number of ketones is 1. The molecule has 154 valence electrons. The van der Waals surface area contributed by atoms with Gasteiger partial charge in [0.1, 0.15) is 0 Å². The average molecular weight is 406 g/mol. The highest BCUT2D eigenvalue weighted by molar-refractivity contribution is 6.10. The van der Waals surface area contributed by atoms with E-state index in [0.29, 0.717) is 22.6 Å². The number of amides is 2. The number of nitrogens with zero attached hydrogens (tertiary/aromatic N) is 1. The molecule has 30 heavy (non-hydrogen) atoms. The van der Waals surface area contributed by atoms with Crippen molar-refractivity contribution in [1.29, 1.82) is 0 Å². The molecule has 0 saturated heterocycles. The molecule has 2 aromatic carbocycles. The first-order chi connectivity index (χ1) is 14.3. The van der Waals surface area contributed by atoms with E-state index >= 15 is 0 Å². The van der Waals surface area contributed by atoms with Crippen LogP contribution in [0.25, 0.3) is 0 Å². The van der Waals surface area contributed by atoms with E-state index in [2.05, 4.69) is 5.32 Å². The molecular weight excluding hydrogens is 384 g/mol. The summed E-state index contributed by atoms with van der Waals surface area (Å²) in [6, 6.07) is 15.3. The number of hydrogen-bond donors (Lipinski definition) is 1. The van der Waals surface area contributed by atoms with Gasteiger partial charge in [-0.2, -0.15) is 0 Å². The molecule has 0 aromatic heterocycles. The van der Waals surface area contributed by atoms with Crippen molar-refractivity contribution in [2.75, 3.05) is 17.3 Å². The van der Waals surface area contributed by atoms with Gasteiger partial charge in [-0.25, -0.2) is 4.79 Å². The fourth-order valence-electron chi connectivity index (χ4n) is 3.48. The predicted octanol–water partition coefficient (Wildman–Crippen LogP) is 3.33. The van der Waals surface area contributed by atoms with Crippen LogP contribution in [0.4, 0.5) is 11.4 Å². The Balaban J connectivity index is 1.94. The fraction of sp³-hybridized carbons (Fsp3) is 0.217. The highest BCUT2D eigenvalue weighted by Gasteiger charge is 2.40. The molecule has 1 heterocycles. The molecule has 0 bridgehead atoms. The van der Waals surface area contributed by atoms with Crippen LogP contribution in [0.2, 0.25) is 0 Å². The summed E-state index contributed by atoms with van der Waals surface area (Å²) in [5.74, 6) is -2.52. The Morgan fingerprint density at radius 1 is 1.03 bits per heavy atom. The Labute approximate surface area is 174 Å². The SMILES string of the molecule is COC(=O)C1=C(C)N(c2ccccc2)C(=O)CC1C(=O)Nc1ccc(C(C)=O)cc1. The molecule has 1 unspecified atom stereocenters. The molecular formula is C23H22N2O5. The summed E-state index contributed by atoms with van der Waals surface area (Å²) in [5.41, 5.74) is 2.09. The molecule has 1 atom stereocenters. The zero-order valence-corrected chi connectivity index (χ0v) is 17.0. The standard InChI is InChI=1S/C23H22N2O5/c1-14-21(23(29)30-3)19(13-20(27)25(14)18-7-5-4-6-8-18)22(28)24-17-11-9-16(10-12-17)15(2)26/h4-12,19H,13H2,1-3H3,(H,24,28). The highest BCUT2D eigenvalue weighted by Crippen LogP contribution is 2.34. The van der Waals surface area contributed by atoms with Crippen LogP contribution in [-0.2, 0) is 19.1 Å². The molecule has 0 fully saturated rings. The second-order valence-corrected chi connectivity index (χ2v) is 6.93. The first-order valence-corrected chi connectivity index (χ1v) is 9.42. The molecule has 7 nitrogen and oxygen atoms in total. The van der Waals surface area contributed by atoms with E-state index < -0.39 is 17.8 Å². The molecule has 0 radical (unpaired) electrons. The maximum Gasteiger partial charge on any atom is 0.336 e. The molecule has 1 aliphatic rings. The van der Waals surface area contributed by atoms with Crippen molar-refractivity contribution in [2.24, 2.45) is 5.92 Å². The van der Waals surface area contributed by atoms with Crippen molar-refractivity contribution in [1.82, 2.24) is 0 Å². The number of ether oxygens (including phenoxy) is 1. The summed E-state index contributed by atoms with van der Waals surface area (Å²) in [4.78, 5) is 51.2. The zero-order chi connectivity index (χ0) is 21.8. The van der Waals surface area contributed by atoms with Crippen molar-refractivity contribution in [3.63, 3.8) is 0 Å². The van der Waals surface area contributed by atoms with Crippen LogP contribution in [0.3, 0.4) is 0 Å². The lowest BCUT2D eigenvalue weighted by atomic mass is 9.88. The van der Waals surface area contributed by atoms with Crippen LogP contribution in [0.1, 0.15) is 30.6 Å².